The lowest BCUT2D eigenvalue weighted by Gasteiger charge is -2.27. The SMILES string of the molecule is COC(=O)C[C@@H]1[C@@H]2C[C@@H]2C(=O)N1Cc1cccc(F)c1F. The maximum atomic E-state index is 13.7. The van der Waals surface area contributed by atoms with Crippen molar-refractivity contribution >= 4 is 11.9 Å². The van der Waals surface area contributed by atoms with E-state index in [1.807, 2.05) is 0 Å². The third kappa shape index (κ3) is 2.39. The number of fused-ring (bicyclic) bond motifs is 1. The van der Waals surface area contributed by atoms with Crippen molar-refractivity contribution < 1.29 is 23.1 Å². The van der Waals surface area contributed by atoms with E-state index < -0.39 is 17.6 Å². The number of likely N-dealkylation sites (tertiary alicyclic amines) is 1. The molecule has 1 aromatic rings. The van der Waals surface area contributed by atoms with E-state index in [1.165, 1.54) is 24.1 Å². The summed E-state index contributed by atoms with van der Waals surface area (Å²) < 4.78 is 31.6. The molecule has 3 rings (SSSR count). The fourth-order valence-corrected chi connectivity index (χ4v) is 3.10. The molecule has 21 heavy (non-hydrogen) atoms. The van der Waals surface area contributed by atoms with E-state index in [4.69, 9.17) is 0 Å². The summed E-state index contributed by atoms with van der Waals surface area (Å²) in [7, 11) is 1.29. The highest BCUT2D eigenvalue weighted by Gasteiger charge is 2.58. The highest BCUT2D eigenvalue weighted by molar-refractivity contribution is 5.86. The number of amides is 1. The highest BCUT2D eigenvalue weighted by atomic mass is 19.2. The Kier molecular flexibility index (Phi) is 3.39. The molecule has 6 heteroatoms. The molecule has 1 saturated carbocycles. The van der Waals surface area contributed by atoms with Gasteiger partial charge in [0.05, 0.1) is 13.5 Å². The topological polar surface area (TPSA) is 46.6 Å². The van der Waals surface area contributed by atoms with Crippen LogP contribution in [-0.4, -0.2) is 29.9 Å². The summed E-state index contributed by atoms with van der Waals surface area (Å²) in [6.45, 7) is -0.0168. The molecule has 0 spiro atoms. The van der Waals surface area contributed by atoms with Crippen molar-refractivity contribution in [2.24, 2.45) is 11.8 Å². The van der Waals surface area contributed by atoms with E-state index in [1.54, 1.807) is 0 Å². The van der Waals surface area contributed by atoms with Gasteiger partial charge in [-0.15, -0.1) is 0 Å². The number of rotatable bonds is 4. The van der Waals surface area contributed by atoms with Crippen molar-refractivity contribution in [1.82, 2.24) is 4.90 Å². The molecule has 1 heterocycles. The lowest BCUT2D eigenvalue weighted by molar-refractivity contribution is -0.143. The summed E-state index contributed by atoms with van der Waals surface area (Å²) in [6, 6.07) is 3.61. The standard InChI is InChI=1S/C15H15F2NO3/c1-21-13(19)6-12-9-5-10(9)15(20)18(12)7-8-3-2-4-11(16)14(8)17/h2-4,9-10,12H,5-7H2,1H3/t9-,10+,12-/m1/s1. The van der Waals surface area contributed by atoms with E-state index in [0.29, 0.717) is 0 Å². The van der Waals surface area contributed by atoms with E-state index in [0.717, 1.165) is 12.5 Å². The molecular formula is C15H15F2NO3. The Morgan fingerprint density at radius 1 is 1.43 bits per heavy atom. The number of hydrogen-bond acceptors (Lipinski definition) is 3. The quantitative estimate of drug-likeness (QED) is 0.797. The van der Waals surface area contributed by atoms with E-state index >= 15 is 0 Å². The van der Waals surface area contributed by atoms with Gasteiger partial charge in [-0.25, -0.2) is 8.78 Å². The molecule has 4 nitrogen and oxygen atoms in total. The Hall–Kier alpha value is -1.98. The number of carbonyl (C=O) groups excluding carboxylic acids is 2. The van der Waals surface area contributed by atoms with Crippen LogP contribution in [0.25, 0.3) is 0 Å². The van der Waals surface area contributed by atoms with Crippen LogP contribution < -0.4 is 0 Å². The van der Waals surface area contributed by atoms with Crippen molar-refractivity contribution in [2.75, 3.05) is 7.11 Å². The Labute approximate surface area is 120 Å². The molecular weight excluding hydrogens is 280 g/mol. The van der Waals surface area contributed by atoms with Gasteiger partial charge in [0.25, 0.3) is 0 Å². The van der Waals surface area contributed by atoms with Gasteiger partial charge in [-0.3, -0.25) is 9.59 Å². The molecule has 2 aliphatic rings. The molecule has 0 N–H and O–H groups in total. The van der Waals surface area contributed by atoms with Crippen LogP contribution in [0.5, 0.6) is 0 Å². The lowest BCUT2D eigenvalue weighted by Crippen LogP contribution is -2.38. The Morgan fingerprint density at radius 3 is 2.90 bits per heavy atom. The van der Waals surface area contributed by atoms with Crippen LogP contribution in [0.15, 0.2) is 18.2 Å². The summed E-state index contributed by atoms with van der Waals surface area (Å²) in [6.07, 6.45) is 0.864. The molecule has 1 aliphatic carbocycles. The molecule has 1 saturated heterocycles. The van der Waals surface area contributed by atoms with E-state index in [9.17, 15) is 18.4 Å². The Bertz CT molecular complexity index is 605. The predicted octanol–water partition coefficient (Wildman–Crippen LogP) is 1.87. The number of piperidine rings is 1. The van der Waals surface area contributed by atoms with Gasteiger partial charge in [-0.1, -0.05) is 12.1 Å². The third-order valence-electron chi connectivity index (χ3n) is 4.31. The second-order valence-electron chi connectivity index (χ2n) is 5.53. The van der Waals surface area contributed by atoms with E-state index in [-0.39, 0.29) is 42.3 Å². The van der Waals surface area contributed by atoms with Gasteiger partial charge in [-0.05, 0) is 18.4 Å². The first-order chi connectivity index (χ1) is 10.0. The first kappa shape index (κ1) is 14.0. The summed E-state index contributed by atoms with van der Waals surface area (Å²) in [5.74, 6) is -2.30. The number of benzene rings is 1. The zero-order valence-electron chi connectivity index (χ0n) is 11.5. The van der Waals surface area contributed by atoms with Crippen LogP contribution in [0.2, 0.25) is 0 Å². The number of nitrogens with zero attached hydrogens (tertiary/aromatic N) is 1. The number of halogens is 2. The van der Waals surface area contributed by atoms with Crippen LogP contribution in [0.4, 0.5) is 8.78 Å². The second-order valence-corrected chi connectivity index (χ2v) is 5.53. The van der Waals surface area contributed by atoms with Crippen molar-refractivity contribution in [3.63, 3.8) is 0 Å². The molecule has 1 amide bonds. The van der Waals surface area contributed by atoms with Crippen LogP contribution in [0, 0.1) is 23.5 Å². The zero-order chi connectivity index (χ0) is 15.1. The van der Waals surface area contributed by atoms with Crippen molar-refractivity contribution in [3.8, 4) is 0 Å². The predicted molar refractivity (Wildman–Crippen MR) is 68.9 cm³/mol. The first-order valence-corrected chi connectivity index (χ1v) is 6.83. The van der Waals surface area contributed by atoms with Gasteiger partial charge in [-0.2, -0.15) is 0 Å². The number of esters is 1. The lowest BCUT2D eigenvalue weighted by atomic mass is 10.1. The van der Waals surface area contributed by atoms with Crippen molar-refractivity contribution in [3.05, 3.63) is 35.4 Å². The van der Waals surface area contributed by atoms with Crippen LogP contribution in [-0.2, 0) is 20.9 Å². The Balaban J connectivity index is 1.81. The number of ether oxygens (including phenoxy) is 1. The molecule has 0 radical (unpaired) electrons. The minimum atomic E-state index is -0.942. The molecule has 1 aromatic carbocycles. The van der Waals surface area contributed by atoms with Crippen LogP contribution >= 0.6 is 0 Å². The number of hydrogen-bond donors (Lipinski definition) is 0. The zero-order valence-corrected chi connectivity index (χ0v) is 11.5. The minimum Gasteiger partial charge on any atom is -0.469 e. The average Bonchev–Trinajstić information content (AvgIpc) is 3.21. The summed E-state index contributed by atoms with van der Waals surface area (Å²) in [4.78, 5) is 25.1. The fourth-order valence-electron chi connectivity index (χ4n) is 3.10. The molecule has 0 unspecified atom stereocenters. The Morgan fingerprint density at radius 2 is 2.19 bits per heavy atom. The maximum Gasteiger partial charge on any atom is 0.307 e. The van der Waals surface area contributed by atoms with Gasteiger partial charge < -0.3 is 9.64 Å². The summed E-state index contributed by atoms with van der Waals surface area (Å²) >= 11 is 0. The van der Waals surface area contributed by atoms with Gasteiger partial charge in [0.1, 0.15) is 0 Å². The number of carbonyl (C=O) groups is 2. The molecule has 2 fully saturated rings. The molecule has 0 bridgehead atoms. The van der Waals surface area contributed by atoms with E-state index in [2.05, 4.69) is 4.74 Å². The molecule has 0 aromatic heterocycles. The molecule has 112 valence electrons. The first-order valence-electron chi connectivity index (χ1n) is 6.83. The van der Waals surface area contributed by atoms with Gasteiger partial charge >= 0.3 is 5.97 Å². The summed E-state index contributed by atoms with van der Waals surface area (Å²) in [5.41, 5.74) is 0.125. The van der Waals surface area contributed by atoms with Crippen molar-refractivity contribution in [2.45, 2.75) is 25.4 Å². The average molecular weight is 295 g/mol. The highest BCUT2D eigenvalue weighted by Crippen LogP contribution is 2.52. The normalized spacial score (nSPS) is 26.7. The smallest absolute Gasteiger partial charge is 0.307 e. The third-order valence-corrected chi connectivity index (χ3v) is 4.31. The molecule has 3 atom stereocenters. The van der Waals surface area contributed by atoms with Crippen molar-refractivity contribution in [1.29, 1.82) is 0 Å². The second kappa shape index (κ2) is 5.09. The minimum absolute atomic E-state index is 0.0168. The van der Waals surface area contributed by atoms with Crippen LogP contribution in [0.1, 0.15) is 18.4 Å². The maximum absolute atomic E-state index is 13.7. The largest absolute Gasteiger partial charge is 0.469 e. The fraction of sp³-hybridized carbons (Fsp3) is 0.467. The monoisotopic (exact) mass is 295 g/mol. The summed E-state index contributed by atoms with van der Waals surface area (Å²) in [5, 5.41) is 0. The van der Waals surface area contributed by atoms with Crippen LogP contribution in [0.3, 0.4) is 0 Å². The van der Waals surface area contributed by atoms with Gasteiger partial charge in [0.2, 0.25) is 5.91 Å². The molecule has 1 aliphatic heterocycles. The van der Waals surface area contributed by atoms with Gasteiger partial charge in [0, 0.05) is 24.1 Å². The number of methoxy groups -OCH3 is 1. The van der Waals surface area contributed by atoms with Gasteiger partial charge in [0.15, 0.2) is 11.6 Å².